The Morgan fingerprint density at radius 1 is 0.297 bits per heavy atom. The van der Waals surface area contributed by atoms with Crippen molar-refractivity contribution in [2.24, 2.45) is 10.8 Å². The van der Waals surface area contributed by atoms with Gasteiger partial charge in [-0.25, -0.2) is 0 Å². The van der Waals surface area contributed by atoms with Gasteiger partial charge in [-0.05, 0) is 64.8 Å². The number of carbonyl (C=O) groups excluding carboxylic acids is 15. The first kappa shape index (κ1) is 65.5. The summed E-state index contributed by atoms with van der Waals surface area (Å²) in [4.78, 5) is 171. The third-order valence-corrected chi connectivity index (χ3v) is 17.4. The molecule has 4 aromatic rings. The second-order valence-electron chi connectivity index (χ2n) is 25.2. The van der Waals surface area contributed by atoms with E-state index in [4.69, 9.17) is 4.74 Å². The molecular weight excluding hydrogens is 1180 g/mol. The molecule has 8 fully saturated rings. The molecule has 0 N–H and O–H groups in total. The molecule has 3 atom stereocenters. The van der Waals surface area contributed by atoms with Crippen LogP contribution in [0, 0.1) is 10.8 Å². The molecule has 0 amide bonds. The van der Waals surface area contributed by atoms with Gasteiger partial charge in [0.2, 0.25) is 0 Å². The van der Waals surface area contributed by atoms with Crippen LogP contribution in [0.5, 0.6) is 0 Å². The average Bonchev–Trinajstić information content (AvgIpc) is 1.80. The van der Waals surface area contributed by atoms with E-state index in [0.29, 0.717) is 18.6 Å². The Balaban J connectivity index is 0.000000146. The van der Waals surface area contributed by atoms with Crippen LogP contribution in [0.1, 0.15) is 181 Å². The summed E-state index contributed by atoms with van der Waals surface area (Å²) in [5.74, 6) is -7.62. The highest BCUT2D eigenvalue weighted by atomic mass is 16.6. The highest BCUT2D eigenvalue weighted by Crippen LogP contribution is 2.47. The van der Waals surface area contributed by atoms with Gasteiger partial charge in [0.05, 0.1) is 94.3 Å². The van der Waals surface area contributed by atoms with E-state index in [9.17, 15) is 71.9 Å². The lowest BCUT2D eigenvalue weighted by Crippen LogP contribution is -2.38. The van der Waals surface area contributed by atoms with Gasteiger partial charge in [0.1, 0.15) is 5.76 Å². The minimum atomic E-state index is -1.05. The number of benzene rings is 4. The second-order valence-corrected chi connectivity index (χ2v) is 25.2. The Hall–Kier alpha value is -9.93. The molecular formula is C68H64O23. The van der Waals surface area contributed by atoms with E-state index in [1.807, 2.05) is 111 Å². The Morgan fingerprint density at radius 3 is 0.780 bits per heavy atom. The summed E-state index contributed by atoms with van der Waals surface area (Å²) in [5.41, 5.74) is 4.32. The normalized spacial score (nSPS) is 24.3. The first-order valence-corrected chi connectivity index (χ1v) is 29.4. The van der Waals surface area contributed by atoms with Crippen LogP contribution >= 0.6 is 0 Å². The molecule has 474 valence electrons. The predicted octanol–water partition coefficient (Wildman–Crippen LogP) is 8.08. The van der Waals surface area contributed by atoms with Crippen LogP contribution in [0.25, 0.3) is 11.1 Å². The number of hydrogen-bond acceptors (Lipinski definition) is 23. The van der Waals surface area contributed by atoms with E-state index in [0.717, 1.165) is 44.5 Å². The van der Waals surface area contributed by atoms with Gasteiger partial charge in [0, 0.05) is 40.9 Å². The van der Waals surface area contributed by atoms with Gasteiger partial charge in [0.15, 0.2) is 0 Å². The summed E-state index contributed by atoms with van der Waals surface area (Å²) >= 11 is 0. The number of ether oxygens (including phenoxy) is 8. The van der Waals surface area contributed by atoms with Crippen molar-refractivity contribution >= 4 is 89.5 Å². The molecule has 3 unspecified atom stereocenters. The van der Waals surface area contributed by atoms with E-state index in [1.165, 1.54) is 0 Å². The Labute approximate surface area is 520 Å². The minimum Gasteiger partial charge on any atom is -0.432 e. The Kier molecular flexibility index (Phi) is 19.2. The summed E-state index contributed by atoms with van der Waals surface area (Å²) in [7, 11) is 0. The zero-order valence-electron chi connectivity index (χ0n) is 50.3. The maximum absolute atomic E-state index is 11.6. The smallest absolute Gasteiger partial charge is 0.320 e. The quantitative estimate of drug-likeness (QED) is 0.0867. The number of hydrogen-bond donors (Lipinski definition) is 0. The van der Waals surface area contributed by atoms with Gasteiger partial charge in [-0.2, -0.15) is 0 Å². The van der Waals surface area contributed by atoms with Crippen LogP contribution in [-0.4, -0.2) is 89.5 Å². The molecule has 23 nitrogen and oxygen atoms in total. The summed E-state index contributed by atoms with van der Waals surface area (Å²) < 4.78 is 36.8. The maximum Gasteiger partial charge on any atom is 0.320 e. The number of rotatable bonds is 9. The molecule has 0 radical (unpaired) electrons. The van der Waals surface area contributed by atoms with Crippen molar-refractivity contribution in [3.63, 3.8) is 0 Å². The molecule has 8 saturated heterocycles. The van der Waals surface area contributed by atoms with Crippen molar-refractivity contribution in [3.05, 3.63) is 143 Å². The summed E-state index contributed by atoms with van der Waals surface area (Å²) in [5, 5.41) is 0. The van der Waals surface area contributed by atoms with Gasteiger partial charge < -0.3 is 37.9 Å². The van der Waals surface area contributed by atoms with Gasteiger partial charge in [-0.3, -0.25) is 71.9 Å². The number of carbonyl (C=O) groups is 15. The van der Waals surface area contributed by atoms with E-state index in [-0.39, 0.29) is 113 Å². The average molecular weight is 1250 g/mol. The zero-order chi connectivity index (χ0) is 65.7. The SMILES string of the molecule is C=C1CC(c2ccc(-c3ccc(C4CC(=O)OC(=O)C4)cc3)cc2)CC(=O)O1.CC1(CC2(C)CC(=O)OC2=O)CC(=O)OC1=O.CC1(c2ccc(C3(C)CC(=O)OC(=O)C3)cc2)CC(=O)OC(=O)C1.O=C1CC(c2ccc(C3CC(=O)OC(=O)C3)cc2)CC(=O)O1. The lowest BCUT2D eigenvalue weighted by Gasteiger charge is -2.34. The summed E-state index contributed by atoms with van der Waals surface area (Å²) in [6.45, 7) is 10.6. The van der Waals surface area contributed by atoms with Crippen LogP contribution in [0.15, 0.2) is 109 Å². The van der Waals surface area contributed by atoms with Crippen molar-refractivity contribution in [2.45, 2.75) is 159 Å². The third kappa shape index (κ3) is 16.1. The molecule has 8 aliphatic rings. The largest absolute Gasteiger partial charge is 0.432 e. The molecule has 8 aliphatic heterocycles. The molecule has 0 aliphatic carbocycles. The third-order valence-electron chi connectivity index (χ3n) is 17.4. The zero-order valence-corrected chi connectivity index (χ0v) is 50.3. The Morgan fingerprint density at radius 2 is 0.527 bits per heavy atom. The van der Waals surface area contributed by atoms with Crippen molar-refractivity contribution in [1.29, 1.82) is 0 Å². The van der Waals surface area contributed by atoms with Crippen LogP contribution in [0.2, 0.25) is 0 Å². The molecule has 0 bridgehead atoms. The predicted molar refractivity (Wildman–Crippen MR) is 309 cm³/mol. The van der Waals surface area contributed by atoms with E-state index in [1.54, 1.807) is 13.8 Å². The monoisotopic (exact) mass is 1250 g/mol. The molecule has 23 heteroatoms. The molecule has 0 saturated carbocycles. The van der Waals surface area contributed by atoms with Crippen molar-refractivity contribution < 1.29 is 110 Å². The molecule has 0 spiro atoms. The number of allylic oxidation sites excluding steroid dienone is 1. The second kappa shape index (κ2) is 26.6. The lowest BCUT2D eigenvalue weighted by atomic mass is 9.71. The fraction of sp³-hybridized carbons (Fsp3) is 0.397. The van der Waals surface area contributed by atoms with Gasteiger partial charge in [-0.15, -0.1) is 0 Å². The van der Waals surface area contributed by atoms with Crippen LogP contribution < -0.4 is 0 Å². The highest BCUT2D eigenvalue weighted by molar-refractivity contribution is 6.00. The van der Waals surface area contributed by atoms with Gasteiger partial charge in [-0.1, -0.05) is 117 Å². The van der Waals surface area contributed by atoms with Gasteiger partial charge >= 0.3 is 89.5 Å². The molecule has 4 aromatic carbocycles. The number of cyclic esters (lactones) is 15. The molecule has 8 heterocycles. The fourth-order valence-corrected chi connectivity index (χ4v) is 12.6. The Bertz CT molecular complexity index is 3370. The highest BCUT2D eigenvalue weighted by Gasteiger charge is 2.55. The topological polar surface area (TPSA) is 330 Å². The van der Waals surface area contributed by atoms with Crippen molar-refractivity contribution in [2.75, 3.05) is 0 Å². The van der Waals surface area contributed by atoms with Crippen molar-refractivity contribution in [1.82, 2.24) is 0 Å². The van der Waals surface area contributed by atoms with E-state index >= 15 is 0 Å². The lowest BCUT2D eigenvalue weighted by molar-refractivity contribution is -0.168. The van der Waals surface area contributed by atoms with Crippen LogP contribution in [0.3, 0.4) is 0 Å². The standard InChI is InChI=1S/C23H20O5.C18H18O6.C16H14O6.C11H12O6/c1-14-10-19(11-21(24)27-14)17-6-2-15(3-7-17)16-4-8-18(9-5-16)20-12-22(25)28-23(26)13-20;1-17(7-13(19)23-14(20)8-17)11-3-5-12(6-4-11)18(2)9-15(21)24-16(22)10-18;17-13-5-11(6-14(18)21-13)9-1-2-10(4-3-9)12-7-15(19)22-16(20)8-12;1-10(3-6(12)16-8(10)14)5-11(2)4-7(13)17-9(11)15/h2-9,19-20H,1,10-13H2;3-6H,7-10H2,1-2H3;1-4,11-12H,5-8H2;3-5H2,1-2H3. The molecule has 0 aromatic heterocycles. The van der Waals surface area contributed by atoms with Crippen LogP contribution in [-0.2, 0) is 121 Å². The fourth-order valence-electron chi connectivity index (χ4n) is 12.6. The number of esters is 15. The van der Waals surface area contributed by atoms with Crippen molar-refractivity contribution in [3.8, 4) is 11.1 Å². The van der Waals surface area contributed by atoms with Crippen LogP contribution in [0.4, 0.5) is 0 Å². The maximum atomic E-state index is 11.6. The van der Waals surface area contributed by atoms with Gasteiger partial charge in [0.25, 0.3) is 0 Å². The first-order chi connectivity index (χ1) is 42.9. The summed E-state index contributed by atoms with van der Waals surface area (Å²) in [6, 6.07) is 30.7. The minimum absolute atomic E-state index is 0.0666. The molecule has 12 rings (SSSR count). The first-order valence-electron chi connectivity index (χ1n) is 29.4. The summed E-state index contributed by atoms with van der Waals surface area (Å²) in [6.07, 6.45) is 2.71. The molecule has 91 heavy (non-hydrogen) atoms. The van der Waals surface area contributed by atoms with E-state index < -0.39 is 105 Å². The van der Waals surface area contributed by atoms with E-state index in [2.05, 4.69) is 39.7 Å².